The average molecular weight is 483 g/mol. The minimum Gasteiger partial charge on any atom is -0.731 e. The second-order valence-electron chi connectivity index (χ2n) is 6.08. The number of anilines is 1. The van der Waals surface area contributed by atoms with E-state index in [4.69, 9.17) is 10.6 Å². The van der Waals surface area contributed by atoms with Crippen molar-refractivity contribution in [2.45, 2.75) is 18.8 Å². The Morgan fingerprint density at radius 3 is 2.68 bits per heavy atom. The van der Waals surface area contributed by atoms with E-state index in [0.717, 1.165) is 4.90 Å². The van der Waals surface area contributed by atoms with Crippen LogP contribution in [0.15, 0.2) is 10.5 Å². The second kappa shape index (κ2) is 9.45. The van der Waals surface area contributed by atoms with Gasteiger partial charge in [-0.2, -0.15) is 0 Å². The Labute approximate surface area is 201 Å². The number of oxime groups is 1. The monoisotopic (exact) mass is 483 g/mol. The molecule has 0 aromatic carbocycles. The van der Waals surface area contributed by atoms with E-state index in [-0.39, 0.29) is 47.0 Å². The number of hydrogen-bond donors (Lipinski definition) is 2. The molecule has 1 aromatic rings. The maximum Gasteiger partial charge on any atom is 1.00 e. The number of likely N-dealkylation sites (N-methyl/N-ethyl adjacent to an activating group) is 1. The summed E-state index contributed by atoms with van der Waals surface area (Å²) >= 11 is 1.18. The third-order valence-electron chi connectivity index (χ3n) is 4.03. The fraction of sp³-hybridized carbons (Fsp3) is 0.385. The van der Waals surface area contributed by atoms with Crippen molar-refractivity contribution in [3.63, 3.8) is 0 Å². The number of β-lactam (4-membered cyclic amide) rings is 1. The van der Waals surface area contributed by atoms with E-state index in [2.05, 4.69) is 15.5 Å². The SMILES string of the molecule is CN1CC(=O)N([C@@H]2[C@H](NC(=O)/C=N/OCc3csc(N)n3)C(=O)N2S(=O)(=O)[O-])C1=O.[Na+]. The van der Waals surface area contributed by atoms with E-state index in [1.165, 1.54) is 18.4 Å². The average Bonchev–Trinajstić information content (AvgIpc) is 3.16. The van der Waals surface area contributed by atoms with Gasteiger partial charge in [-0.1, -0.05) is 5.16 Å². The number of imide groups is 1. The van der Waals surface area contributed by atoms with Gasteiger partial charge in [-0.25, -0.2) is 27.4 Å². The molecule has 2 saturated heterocycles. The molecule has 31 heavy (non-hydrogen) atoms. The van der Waals surface area contributed by atoms with Gasteiger partial charge in [0, 0.05) is 12.4 Å². The van der Waals surface area contributed by atoms with Crippen LogP contribution in [0, 0.1) is 0 Å². The largest absolute Gasteiger partial charge is 1.00 e. The summed E-state index contributed by atoms with van der Waals surface area (Å²) in [4.78, 5) is 58.4. The van der Waals surface area contributed by atoms with Crippen molar-refractivity contribution in [2.24, 2.45) is 5.16 Å². The molecule has 2 atom stereocenters. The number of urea groups is 1. The van der Waals surface area contributed by atoms with Crippen molar-refractivity contribution in [3.05, 3.63) is 11.1 Å². The zero-order valence-electron chi connectivity index (χ0n) is 16.1. The van der Waals surface area contributed by atoms with E-state index in [1.807, 2.05) is 0 Å². The first-order valence-electron chi connectivity index (χ1n) is 8.02. The Morgan fingerprint density at radius 2 is 2.16 bits per heavy atom. The van der Waals surface area contributed by atoms with Gasteiger partial charge in [-0.05, 0) is 0 Å². The number of rotatable bonds is 7. The molecule has 0 aliphatic carbocycles. The van der Waals surface area contributed by atoms with Crippen LogP contribution < -0.4 is 40.6 Å². The van der Waals surface area contributed by atoms with Crippen LogP contribution in [0.1, 0.15) is 5.69 Å². The number of carbonyl (C=O) groups is 4. The van der Waals surface area contributed by atoms with Gasteiger partial charge in [0.15, 0.2) is 34.3 Å². The topological polar surface area (TPSA) is 208 Å². The van der Waals surface area contributed by atoms with E-state index >= 15 is 0 Å². The summed E-state index contributed by atoms with van der Waals surface area (Å²) in [7, 11) is -4.07. The van der Waals surface area contributed by atoms with Crippen molar-refractivity contribution in [1.82, 2.24) is 24.4 Å². The van der Waals surface area contributed by atoms with Crippen molar-refractivity contribution in [1.29, 1.82) is 0 Å². The van der Waals surface area contributed by atoms with E-state index in [9.17, 15) is 32.1 Å². The van der Waals surface area contributed by atoms with Crippen LogP contribution in [0.5, 0.6) is 0 Å². The van der Waals surface area contributed by atoms with E-state index in [0.29, 0.717) is 21.9 Å². The second-order valence-corrected chi connectivity index (χ2v) is 8.22. The Hall–Kier alpha value is -2.31. The molecule has 3 rings (SSSR count). The first kappa shape index (κ1) is 25.0. The molecule has 0 spiro atoms. The zero-order chi connectivity index (χ0) is 22.2. The molecular weight excluding hydrogens is 469 g/mol. The number of nitrogens with one attached hydrogen (secondary N) is 1. The summed E-state index contributed by atoms with van der Waals surface area (Å²) in [6.07, 6.45) is -1.17. The number of hydrogen-bond acceptors (Lipinski definition) is 12. The third kappa shape index (κ3) is 5.13. The third-order valence-corrected chi connectivity index (χ3v) is 5.63. The summed E-state index contributed by atoms with van der Waals surface area (Å²) in [5.74, 6) is -3.13. The fourth-order valence-electron chi connectivity index (χ4n) is 2.75. The molecule has 0 saturated carbocycles. The van der Waals surface area contributed by atoms with Crippen LogP contribution in [0.2, 0.25) is 0 Å². The summed E-state index contributed by atoms with van der Waals surface area (Å²) in [5, 5.41) is 7.40. The zero-order valence-corrected chi connectivity index (χ0v) is 19.8. The van der Waals surface area contributed by atoms with Crippen LogP contribution in [0.4, 0.5) is 9.93 Å². The maximum atomic E-state index is 12.1. The quantitative estimate of drug-likeness (QED) is 0.0937. The van der Waals surface area contributed by atoms with Crippen molar-refractivity contribution >= 4 is 56.7 Å². The molecule has 2 aliphatic heterocycles. The maximum absolute atomic E-state index is 12.1. The standard InChI is InChI=1S/C13H15N7O8S2.Na/c1-18-3-8(22)19(13(18)24)10-9(11(23)20(10)30(25,26)27)17-7(21)2-15-28-4-6-5-29-12(14)16-6;/h2,5,9-10H,3-4H2,1H3,(H2,14,16)(H,17,21)(H,25,26,27);/q;+1/p-1/b15-2+;/t9-,10-;/m0./s1. The van der Waals surface area contributed by atoms with Crippen LogP contribution in [0.3, 0.4) is 0 Å². The number of nitrogens with two attached hydrogens (primary N) is 1. The Kier molecular flexibility index (Phi) is 7.61. The minimum absolute atomic E-state index is 0. The molecule has 1 aromatic heterocycles. The van der Waals surface area contributed by atoms with Crippen LogP contribution in [0.25, 0.3) is 0 Å². The predicted molar refractivity (Wildman–Crippen MR) is 96.9 cm³/mol. The molecule has 18 heteroatoms. The molecule has 0 bridgehead atoms. The number of amides is 5. The Bertz CT molecular complexity index is 1040. The molecular formula is C13H14N7NaO8S2. The summed E-state index contributed by atoms with van der Waals surface area (Å²) in [5.41, 5.74) is 5.92. The summed E-state index contributed by atoms with van der Waals surface area (Å²) in [6.45, 7) is -0.471. The van der Waals surface area contributed by atoms with Gasteiger partial charge in [0.2, 0.25) is 0 Å². The van der Waals surface area contributed by atoms with Crippen molar-refractivity contribution in [2.75, 3.05) is 19.3 Å². The molecule has 162 valence electrons. The normalized spacial score (nSPS) is 21.4. The molecule has 0 radical (unpaired) electrons. The molecule has 2 fully saturated rings. The van der Waals surface area contributed by atoms with Gasteiger partial charge in [0.05, 0.1) is 5.69 Å². The molecule has 2 aliphatic rings. The molecule has 3 N–H and O–H groups in total. The smallest absolute Gasteiger partial charge is 0.731 e. The van der Waals surface area contributed by atoms with Crippen LogP contribution in [-0.2, 0) is 36.1 Å². The van der Waals surface area contributed by atoms with Gasteiger partial charge in [-0.3, -0.25) is 14.4 Å². The first-order valence-corrected chi connectivity index (χ1v) is 10.3. The molecule has 5 amide bonds. The summed E-state index contributed by atoms with van der Waals surface area (Å²) in [6, 6.07) is -2.57. The number of nitrogens with zero attached hydrogens (tertiary/aromatic N) is 5. The van der Waals surface area contributed by atoms with Gasteiger partial charge >= 0.3 is 35.6 Å². The number of carbonyl (C=O) groups excluding carboxylic acids is 4. The minimum atomic E-state index is -5.34. The fourth-order valence-corrected chi connectivity index (χ4v) is 4.11. The van der Waals surface area contributed by atoms with Gasteiger partial charge in [0.1, 0.15) is 12.8 Å². The molecule has 0 unspecified atom stereocenters. The van der Waals surface area contributed by atoms with Gasteiger partial charge in [0.25, 0.3) is 17.7 Å². The number of thiazole rings is 1. The number of aromatic nitrogens is 1. The van der Waals surface area contributed by atoms with E-state index < -0.39 is 46.3 Å². The number of nitrogen functional groups attached to an aromatic ring is 1. The van der Waals surface area contributed by atoms with Gasteiger partial charge < -0.3 is 25.3 Å². The molecule has 15 nitrogen and oxygen atoms in total. The summed E-state index contributed by atoms with van der Waals surface area (Å²) < 4.78 is 34.0. The molecule has 3 heterocycles. The van der Waals surface area contributed by atoms with Crippen molar-refractivity contribution < 1.29 is 66.5 Å². The predicted octanol–water partition coefficient (Wildman–Crippen LogP) is -5.76. The van der Waals surface area contributed by atoms with Crippen LogP contribution in [-0.4, -0.2) is 87.8 Å². The van der Waals surface area contributed by atoms with Crippen molar-refractivity contribution in [3.8, 4) is 0 Å². The Morgan fingerprint density at radius 1 is 1.48 bits per heavy atom. The van der Waals surface area contributed by atoms with Gasteiger partial charge in [-0.15, -0.1) is 11.3 Å². The Balaban J connectivity index is 0.00000341. The van der Waals surface area contributed by atoms with E-state index in [1.54, 1.807) is 5.38 Å². The first-order chi connectivity index (χ1) is 14.0. The van der Waals surface area contributed by atoms with Crippen LogP contribution >= 0.6 is 11.3 Å².